The van der Waals surface area contributed by atoms with E-state index in [1.54, 1.807) is 0 Å². The second kappa shape index (κ2) is 6.53. The number of carbonyl (C=O) groups is 1. The predicted octanol–water partition coefficient (Wildman–Crippen LogP) is 3.09. The average Bonchev–Trinajstić information content (AvgIpc) is 2.28. The third-order valence-corrected chi connectivity index (χ3v) is 2.04. The molecule has 0 saturated carbocycles. The van der Waals surface area contributed by atoms with Gasteiger partial charge in [-0.15, -0.1) is 0 Å². The maximum Gasteiger partial charge on any atom is 0.371 e. The smallest absolute Gasteiger partial charge is 0.371 e. The number of hydrogen-bond donors (Lipinski definition) is 1. The van der Waals surface area contributed by atoms with Gasteiger partial charge in [-0.25, -0.2) is 4.79 Å². The molecule has 0 unspecified atom stereocenters. The van der Waals surface area contributed by atoms with Crippen LogP contribution in [0, 0.1) is 0 Å². The summed E-state index contributed by atoms with van der Waals surface area (Å²) in [5.41, 5.74) is 1.90. The Morgan fingerprint density at radius 2 is 1.94 bits per heavy atom. The van der Waals surface area contributed by atoms with E-state index in [1.807, 2.05) is 50.3 Å². The van der Waals surface area contributed by atoms with Crippen LogP contribution in [0.2, 0.25) is 0 Å². The van der Waals surface area contributed by atoms with Crippen molar-refractivity contribution in [1.29, 1.82) is 0 Å². The van der Waals surface area contributed by atoms with Crippen molar-refractivity contribution < 1.29 is 14.6 Å². The number of aliphatic carboxylic acids is 1. The summed E-state index contributed by atoms with van der Waals surface area (Å²) in [7, 11) is 0. The van der Waals surface area contributed by atoms with Crippen LogP contribution in [0.4, 0.5) is 0 Å². The summed E-state index contributed by atoms with van der Waals surface area (Å²) < 4.78 is 5.20. The van der Waals surface area contributed by atoms with Gasteiger partial charge in [0.1, 0.15) is 6.61 Å². The highest BCUT2D eigenvalue weighted by Crippen LogP contribution is 2.08. The van der Waals surface area contributed by atoms with E-state index >= 15 is 0 Å². The van der Waals surface area contributed by atoms with E-state index in [1.165, 1.54) is 6.08 Å². The molecule has 0 atom stereocenters. The predicted molar refractivity (Wildman–Crippen MR) is 67.4 cm³/mol. The van der Waals surface area contributed by atoms with Crippen molar-refractivity contribution >= 4 is 12.0 Å². The van der Waals surface area contributed by atoms with Gasteiger partial charge in [0.25, 0.3) is 0 Å². The molecule has 0 aliphatic carbocycles. The van der Waals surface area contributed by atoms with Crippen LogP contribution in [0.1, 0.15) is 19.4 Å². The molecule has 90 valence electrons. The second-order valence-corrected chi connectivity index (χ2v) is 3.82. The summed E-state index contributed by atoms with van der Waals surface area (Å²) in [5.74, 6) is -1.11. The van der Waals surface area contributed by atoms with Gasteiger partial charge < -0.3 is 9.84 Å². The Labute approximate surface area is 101 Å². The standard InChI is InChI=1S/C14H16O3/c1-11(2)8-9-17-13(14(15)16)10-12-6-4-3-5-7-12/h3-8,10H,9H2,1-2H3,(H,15,16). The molecule has 3 heteroatoms. The molecule has 1 aromatic carbocycles. The van der Waals surface area contributed by atoms with Crippen molar-refractivity contribution in [2.45, 2.75) is 13.8 Å². The quantitative estimate of drug-likeness (QED) is 0.482. The van der Waals surface area contributed by atoms with Crippen molar-refractivity contribution in [3.8, 4) is 0 Å². The van der Waals surface area contributed by atoms with Crippen molar-refractivity contribution in [1.82, 2.24) is 0 Å². The van der Waals surface area contributed by atoms with Crippen LogP contribution in [-0.4, -0.2) is 17.7 Å². The van der Waals surface area contributed by atoms with Crippen molar-refractivity contribution in [3.05, 3.63) is 53.3 Å². The zero-order valence-corrected chi connectivity index (χ0v) is 10.0. The van der Waals surface area contributed by atoms with Gasteiger partial charge in [0.2, 0.25) is 5.76 Å². The highest BCUT2D eigenvalue weighted by atomic mass is 16.5. The fourth-order valence-electron chi connectivity index (χ4n) is 1.16. The first-order valence-electron chi connectivity index (χ1n) is 5.36. The molecule has 0 aliphatic rings. The lowest BCUT2D eigenvalue weighted by Gasteiger charge is -2.04. The van der Waals surface area contributed by atoms with E-state index < -0.39 is 5.97 Å². The van der Waals surface area contributed by atoms with E-state index in [-0.39, 0.29) is 12.4 Å². The Balaban J connectivity index is 2.76. The highest BCUT2D eigenvalue weighted by Gasteiger charge is 2.07. The summed E-state index contributed by atoms with van der Waals surface area (Å²) in [6.07, 6.45) is 3.35. The minimum atomic E-state index is -1.06. The fourth-order valence-corrected chi connectivity index (χ4v) is 1.16. The van der Waals surface area contributed by atoms with E-state index in [4.69, 9.17) is 9.84 Å². The van der Waals surface area contributed by atoms with Gasteiger partial charge >= 0.3 is 5.97 Å². The summed E-state index contributed by atoms with van der Waals surface area (Å²) in [4.78, 5) is 11.0. The third kappa shape index (κ3) is 5.02. The maximum absolute atomic E-state index is 11.0. The molecule has 0 bridgehead atoms. The third-order valence-electron chi connectivity index (χ3n) is 2.04. The van der Waals surface area contributed by atoms with E-state index in [0.717, 1.165) is 11.1 Å². The topological polar surface area (TPSA) is 46.5 Å². The first-order valence-corrected chi connectivity index (χ1v) is 5.36. The van der Waals surface area contributed by atoms with Crippen LogP contribution in [0.25, 0.3) is 6.08 Å². The summed E-state index contributed by atoms with van der Waals surface area (Å²) in [6.45, 7) is 4.14. The number of carboxylic acid groups (broad SMARTS) is 1. The van der Waals surface area contributed by atoms with Crippen LogP contribution in [-0.2, 0) is 9.53 Å². The molecule has 0 heterocycles. The number of rotatable bonds is 5. The highest BCUT2D eigenvalue weighted by molar-refractivity contribution is 5.89. The van der Waals surface area contributed by atoms with Crippen LogP contribution in [0.3, 0.4) is 0 Å². The van der Waals surface area contributed by atoms with Crippen molar-refractivity contribution in [2.75, 3.05) is 6.61 Å². The molecule has 1 rings (SSSR count). The van der Waals surface area contributed by atoms with Gasteiger partial charge in [-0.05, 0) is 31.6 Å². The van der Waals surface area contributed by atoms with E-state index in [2.05, 4.69) is 0 Å². The minimum absolute atomic E-state index is 0.0475. The van der Waals surface area contributed by atoms with Crippen molar-refractivity contribution in [3.63, 3.8) is 0 Å². The Kier molecular flexibility index (Phi) is 5.01. The Morgan fingerprint density at radius 1 is 1.29 bits per heavy atom. The minimum Gasteiger partial charge on any atom is -0.482 e. The lowest BCUT2D eigenvalue weighted by Crippen LogP contribution is -2.05. The molecule has 0 aromatic heterocycles. The Bertz CT molecular complexity index is 426. The number of hydrogen-bond acceptors (Lipinski definition) is 2. The van der Waals surface area contributed by atoms with Gasteiger partial charge in [-0.2, -0.15) is 0 Å². The molecule has 1 aromatic rings. The Morgan fingerprint density at radius 3 is 2.47 bits per heavy atom. The molecule has 0 aliphatic heterocycles. The molecular formula is C14H16O3. The zero-order chi connectivity index (χ0) is 12.7. The lowest BCUT2D eigenvalue weighted by atomic mass is 10.2. The van der Waals surface area contributed by atoms with Crippen LogP contribution in [0.5, 0.6) is 0 Å². The first-order chi connectivity index (χ1) is 8.09. The average molecular weight is 232 g/mol. The van der Waals surface area contributed by atoms with Gasteiger partial charge in [0, 0.05) is 0 Å². The molecular weight excluding hydrogens is 216 g/mol. The zero-order valence-electron chi connectivity index (χ0n) is 10.0. The van der Waals surface area contributed by atoms with Crippen LogP contribution < -0.4 is 0 Å². The summed E-state index contributed by atoms with van der Waals surface area (Å²) >= 11 is 0. The largest absolute Gasteiger partial charge is 0.482 e. The molecule has 3 nitrogen and oxygen atoms in total. The Hall–Kier alpha value is -2.03. The van der Waals surface area contributed by atoms with Gasteiger partial charge in [0.05, 0.1) is 0 Å². The molecule has 0 radical (unpaired) electrons. The van der Waals surface area contributed by atoms with Crippen LogP contribution in [0.15, 0.2) is 47.7 Å². The van der Waals surface area contributed by atoms with Crippen molar-refractivity contribution in [2.24, 2.45) is 0 Å². The van der Waals surface area contributed by atoms with Gasteiger partial charge in [0.15, 0.2) is 0 Å². The molecule has 0 spiro atoms. The number of carboxylic acids is 1. The lowest BCUT2D eigenvalue weighted by molar-refractivity contribution is -0.136. The summed E-state index contributed by atoms with van der Waals surface area (Å²) in [6, 6.07) is 9.23. The molecule has 1 N–H and O–H groups in total. The molecule has 0 saturated heterocycles. The maximum atomic E-state index is 11.0. The van der Waals surface area contributed by atoms with Gasteiger partial charge in [-0.1, -0.05) is 35.9 Å². The van der Waals surface area contributed by atoms with Crippen LogP contribution >= 0.6 is 0 Å². The monoisotopic (exact) mass is 232 g/mol. The van der Waals surface area contributed by atoms with E-state index in [0.29, 0.717) is 0 Å². The number of allylic oxidation sites excluding steroid dienone is 1. The fraction of sp³-hybridized carbons (Fsp3) is 0.214. The normalized spacial score (nSPS) is 10.8. The number of benzene rings is 1. The summed E-state index contributed by atoms with van der Waals surface area (Å²) in [5, 5.41) is 8.99. The van der Waals surface area contributed by atoms with E-state index in [9.17, 15) is 4.79 Å². The first kappa shape index (κ1) is 13.0. The van der Waals surface area contributed by atoms with Gasteiger partial charge in [-0.3, -0.25) is 0 Å². The number of ether oxygens (including phenoxy) is 1. The molecule has 0 fully saturated rings. The molecule has 17 heavy (non-hydrogen) atoms. The SMILES string of the molecule is CC(C)=CCOC(=Cc1ccccc1)C(=O)O. The molecule has 0 amide bonds. The second-order valence-electron chi connectivity index (χ2n) is 3.82.